The molecule has 1 aliphatic heterocycles. The van der Waals surface area contributed by atoms with Crippen molar-refractivity contribution >= 4 is 24.2 Å². The monoisotopic (exact) mass is 408 g/mol. The number of carbonyl (C=O) groups excluding carboxylic acids is 1. The van der Waals surface area contributed by atoms with Crippen LogP contribution in [0.25, 0.3) is 0 Å². The Morgan fingerprint density at radius 1 is 1.36 bits per heavy atom. The number of rotatable bonds is 12. The van der Waals surface area contributed by atoms with Gasteiger partial charge in [0.05, 0.1) is 19.3 Å². The number of aliphatic hydroxyl groups excluding tert-OH is 1. The van der Waals surface area contributed by atoms with Crippen LogP contribution in [0.4, 0.5) is 0 Å². The van der Waals surface area contributed by atoms with Crippen molar-refractivity contribution in [3.8, 4) is 0 Å². The van der Waals surface area contributed by atoms with Gasteiger partial charge in [-0.1, -0.05) is 35.9 Å². The molecule has 28 heavy (non-hydrogen) atoms. The van der Waals surface area contributed by atoms with E-state index in [9.17, 15) is 9.90 Å². The van der Waals surface area contributed by atoms with E-state index >= 15 is 0 Å². The highest BCUT2D eigenvalue weighted by molar-refractivity contribution is 6.25. The SMILES string of the molecule is C=C(C)/C=C/C(=C\C=C\NC=O)NC(O)C(/C=C/Cl)C(C=N)N1CCOCC1. The predicted molar refractivity (Wildman–Crippen MR) is 113 cm³/mol. The van der Waals surface area contributed by atoms with Crippen molar-refractivity contribution in [2.75, 3.05) is 26.3 Å². The molecule has 1 saturated heterocycles. The first kappa shape index (κ1) is 23.8. The summed E-state index contributed by atoms with van der Waals surface area (Å²) in [6, 6.07) is -0.333. The third kappa shape index (κ3) is 8.67. The lowest BCUT2D eigenvalue weighted by atomic mass is 9.96. The average Bonchev–Trinajstić information content (AvgIpc) is 2.69. The van der Waals surface area contributed by atoms with Crippen LogP contribution in [-0.2, 0) is 9.53 Å². The van der Waals surface area contributed by atoms with Crippen LogP contribution in [0.3, 0.4) is 0 Å². The van der Waals surface area contributed by atoms with Crippen LogP contribution < -0.4 is 10.6 Å². The second kappa shape index (κ2) is 13.9. The number of nitrogens with one attached hydrogen (secondary N) is 3. The molecular formula is C20H29ClN4O3. The molecule has 1 fully saturated rings. The zero-order valence-electron chi connectivity index (χ0n) is 16.1. The lowest BCUT2D eigenvalue weighted by Gasteiger charge is -2.37. The largest absolute Gasteiger partial charge is 0.379 e. The molecule has 154 valence electrons. The molecule has 0 aromatic heterocycles. The van der Waals surface area contributed by atoms with E-state index in [2.05, 4.69) is 22.1 Å². The second-order valence-electron chi connectivity index (χ2n) is 6.24. The normalized spacial score (nSPS) is 19.6. The number of ether oxygens (including phenoxy) is 1. The molecule has 0 saturated carbocycles. The summed E-state index contributed by atoms with van der Waals surface area (Å²) < 4.78 is 5.37. The quantitative estimate of drug-likeness (QED) is 0.171. The van der Waals surface area contributed by atoms with Crippen molar-refractivity contribution in [1.29, 1.82) is 5.41 Å². The molecule has 0 aliphatic carbocycles. The number of morpholine rings is 1. The van der Waals surface area contributed by atoms with E-state index < -0.39 is 12.1 Å². The Morgan fingerprint density at radius 3 is 2.64 bits per heavy atom. The zero-order chi connectivity index (χ0) is 20.8. The number of allylic oxidation sites excluding steroid dienone is 5. The van der Waals surface area contributed by atoms with E-state index in [4.69, 9.17) is 21.7 Å². The van der Waals surface area contributed by atoms with Gasteiger partial charge in [-0.3, -0.25) is 9.69 Å². The molecule has 0 bridgehead atoms. The first-order valence-corrected chi connectivity index (χ1v) is 9.41. The Bertz CT molecular complexity index is 625. The van der Waals surface area contributed by atoms with Gasteiger partial charge in [-0.25, -0.2) is 0 Å². The molecule has 4 N–H and O–H groups in total. The summed E-state index contributed by atoms with van der Waals surface area (Å²) >= 11 is 5.81. The molecule has 7 nitrogen and oxygen atoms in total. The summed E-state index contributed by atoms with van der Waals surface area (Å²) in [4.78, 5) is 12.4. The summed E-state index contributed by atoms with van der Waals surface area (Å²) in [7, 11) is 0. The fourth-order valence-electron chi connectivity index (χ4n) is 2.72. The van der Waals surface area contributed by atoms with Gasteiger partial charge in [-0.15, -0.1) is 0 Å². The molecular weight excluding hydrogens is 380 g/mol. The third-order valence-electron chi connectivity index (χ3n) is 4.09. The van der Waals surface area contributed by atoms with Crippen LogP contribution in [0.15, 0.2) is 60.0 Å². The van der Waals surface area contributed by atoms with Gasteiger partial charge in [-0.05, 0) is 25.2 Å². The maximum atomic E-state index is 10.8. The van der Waals surface area contributed by atoms with Crippen molar-refractivity contribution in [3.05, 3.63) is 60.0 Å². The van der Waals surface area contributed by atoms with E-state index in [-0.39, 0.29) is 6.04 Å². The molecule has 0 aromatic carbocycles. The van der Waals surface area contributed by atoms with Crippen LogP contribution in [0.2, 0.25) is 0 Å². The minimum atomic E-state index is -1.00. The lowest BCUT2D eigenvalue weighted by Crippen LogP contribution is -2.52. The Hall–Kier alpha value is -2.19. The van der Waals surface area contributed by atoms with E-state index in [0.29, 0.717) is 38.4 Å². The first-order valence-electron chi connectivity index (χ1n) is 8.97. The van der Waals surface area contributed by atoms with Crippen LogP contribution >= 0.6 is 11.6 Å². The predicted octanol–water partition coefficient (Wildman–Crippen LogP) is 1.89. The maximum Gasteiger partial charge on any atom is 0.211 e. The number of hydrogen-bond acceptors (Lipinski definition) is 6. The smallest absolute Gasteiger partial charge is 0.211 e. The van der Waals surface area contributed by atoms with E-state index in [1.54, 1.807) is 30.4 Å². The third-order valence-corrected chi connectivity index (χ3v) is 4.24. The molecule has 0 spiro atoms. The lowest BCUT2D eigenvalue weighted by molar-refractivity contribution is -0.108. The standard InChI is InChI=1S/C20H29ClN4O3/c1-16(2)5-6-17(4-3-9-23-15-26)24-20(27)18(7-8-21)19(14-22)25-10-12-28-13-11-25/h3-9,14-15,18-20,22,24,27H,1,10-13H2,2H3,(H,23,26)/b6-5+,8-7+,9-3+,17-4+,22-14?. The minimum Gasteiger partial charge on any atom is -0.379 e. The highest BCUT2D eigenvalue weighted by atomic mass is 35.5. The molecule has 8 heteroatoms. The van der Waals surface area contributed by atoms with Crippen molar-refractivity contribution in [2.45, 2.75) is 19.2 Å². The van der Waals surface area contributed by atoms with Gasteiger partial charge in [0, 0.05) is 42.7 Å². The molecule has 3 atom stereocenters. The zero-order valence-corrected chi connectivity index (χ0v) is 16.8. The van der Waals surface area contributed by atoms with Gasteiger partial charge in [0.15, 0.2) is 0 Å². The average molecular weight is 409 g/mol. The fraction of sp³-hybridized carbons (Fsp3) is 0.400. The molecule has 1 aliphatic rings. The Labute approximate surface area is 171 Å². The summed E-state index contributed by atoms with van der Waals surface area (Å²) in [5.74, 6) is -0.452. The van der Waals surface area contributed by atoms with Crippen LogP contribution in [-0.4, -0.2) is 61.2 Å². The van der Waals surface area contributed by atoms with Gasteiger partial charge in [0.25, 0.3) is 0 Å². The first-order chi connectivity index (χ1) is 13.5. The van der Waals surface area contributed by atoms with Crippen LogP contribution in [0, 0.1) is 11.3 Å². The van der Waals surface area contributed by atoms with Crippen LogP contribution in [0.5, 0.6) is 0 Å². The van der Waals surface area contributed by atoms with Gasteiger partial charge < -0.3 is 25.9 Å². The maximum absolute atomic E-state index is 10.8. The van der Waals surface area contributed by atoms with Gasteiger partial charge in [0.2, 0.25) is 6.41 Å². The molecule has 3 unspecified atom stereocenters. The molecule has 0 radical (unpaired) electrons. The summed E-state index contributed by atoms with van der Waals surface area (Å²) in [6.45, 7) is 8.22. The number of aliphatic hydroxyl groups is 1. The fourth-order valence-corrected chi connectivity index (χ4v) is 2.89. The van der Waals surface area contributed by atoms with E-state index in [1.165, 1.54) is 17.9 Å². The van der Waals surface area contributed by atoms with E-state index in [0.717, 1.165) is 5.57 Å². The number of amides is 1. The Morgan fingerprint density at radius 2 is 2.07 bits per heavy atom. The topological polar surface area (TPSA) is 97.7 Å². The van der Waals surface area contributed by atoms with Crippen molar-refractivity contribution < 1.29 is 14.6 Å². The number of hydrogen-bond donors (Lipinski definition) is 4. The number of halogens is 1. The number of nitrogens with zero attached hydrogens (tertiary/aromatic N) is 1. The van der Waals surface area contributed by atoms with Crippen molar-refractivity contribution in [1.82, 2.24) is 15.5 Å². The Balaban J connectivity index is 2.99. The summed E-state index contributed by atoms with van der Waals surface area (Å²) in [6.07, 6.45) is 10.9. The van der Waals surface area contributed by atoms with Crippen molar-refractivity contribution in [2.24, 2.45) is 5.92 Å². The minimum absolute atomic E-state index is 0.333. The van der Waals surface area contributed by atoms with Crippen LogP contribution in [0.1, 0.15) is 6.92 Å². The summed E-state index contributed by atoms with van der Waals surface area (Å²) in [5, 5.41) is 24.2. The molecule has 1 rings (SSSR count). The summed E-state index contributed by atoms with van der Waals surface area (Å²) in [5.41, 5.74) is 2.81. The van der Waals surface area contributed by atoms with Gasteiger partial charge in [0.1, 0.15) is 6.23 Å². The highest BCUT2D eigenvalue weighted by Crippen LogP contribution is 2.18. The molecule has 0 aromatic rings. The van der Waals surface area contributed by atoms with Crippen molar-refractivity contribution in [3.63, 3.8) is 0 Å². The highest BCUT2D eigenvalue weighted by Gasteiger charge is 2.30. The molecule has 1 amide bonds. The second-order valence-corrected chi connectivity index (χ2v) is 6.49. The van der Waals surface area contributed by atoms with E-state index in [1.807, 2.05) is 6.92 Å². The Kier molecular flexibility index (Phi) is 11.8. The molecule has 1 heterocycles. The van der Waals surface area contributed by atoms with Gasteiger partial charge in [-0.2, -0.15) is 0 Å². The number of carbonyl (C=O) groups is 1. The van der Waals surface area contributed by atoms with Gasteiger partial charge >= 0.3 is 0 Å².